The van der Waals surface area contributed by atoms with Gasteiger partial charge in [0, 0.05) is 13.1 Å². The van der Waals surface area contributed by atoms with Crippen molar-refractivity contribution >= 4 is 62.9 Å². The van der Waals surface area contributed by atoms with Gasteiger partial charge in [-0.1, -0.05) is 41.8 Å². The van der Waals surface area contributed by atoms with Crippen LogP contribution in [0.4, 0.5) is 0 Å². The second-order valence-corrected chi connectivity index (χ2v) is 7.87. The number of nitrogens with zero attached hydrogens (tertiary/aromatic N) is 2. The Kier molecular flexibility index (Phi) is 5.42. The van der Waals surface area contributed by atoms with Crippen LogP contribution in [-0.2, 0) is 9.59 Å². The van der Waals surface area contributed by atoms with Crippen molar-refractivity contribution < 1.29 is 9.59 Å². The molecule has 1 aromatic heterocycles. The average molecular weight is 381 g/mol. The first kappa shape index (κ1) is 17.2. The molecule has 0 aliphatic carbocycles. The van der Waals surface area contributed by atoms with Crippen molar-refractivity contribution in [1.82, 2.24) is 20.2 Å². The Morgan fingerprint density at radius 3 is 3.12 bits per heavy atom. The second-order valence-electron chi connectivity index (χ2n) is 5.30. The molecule has 0 spiro atoms. The Balaban J connectivity index is 1.45. The quantitative estimate of drug-likeness (QED) is 0.589. The van der Waals surface area contributed by atoms with Gasteiger partial charge in [0.2, 0.25) is 11.8 Å². The van der Waals surface area contributed by atoms with Gasteiger partial charge in [0.25, 0.3) is 0 Å². The lowest BCUT2D eigenvalue weighted by Gasteiger charge is -2.14. The molecule has 9 heteroatoms. The van der Waals surface area contributed by atoms with Gasteiger partial charge in [-0.15, -0.1) is 0 Å². The fourth-order valence-corrected chi connectivity index (χ4v) is 4.09. The number of rotatable bonds is 6. The zero-order valence-corrected chi connectivity index (χ0v) is 15.4. The van der Waals surface area contributed by atoms with Gasteiger partial charge in [-0.2, -0.15) is 0 Å². The molecule has 2 N–H and O–H groups in total. The summed E-state index contributed by atoms with van der Waals surface area (Å²) in [5, 5.41) is 3.52. The molecule has 1 fully saturated rings. The van der Waals surface area contributed by atoms with Gasteiger partial charge in [0.15, 0.2) is 5.16 Å². The van der Waals surface area contributed by atoms with Crippen LogP contribution in [0.5, 0.6) is 0 Å². The molecule has 24 heavy (non-hydrogen) atoms. The summed E-state index contributed by atoms with van der Waals surface area (Å²) in [4.78, 5) is 32.7. The molecule has 0 saturated carbocycles. The monoisotopic (exact) mass is 380 g/mol. The zero-order chi connectivity index (χ0) is 17.1. The van der Waals surface area contributed by atoms with Gasteiger partial charge in [-0.25, -0.2) is 4.98 Å². The highest BCUT2D eigenvalue weighted by Gasteiger charge is 2.25. The number of fused-ring (bicyclic) bond motifs is 1. The lowest BCUT2D eigenvalue weighted by Crippen LogP contribution is -2.37. The van der Waals surface area contributed by atoms with Crippen LogP contribution in [-0.4, -0.2) is 55.6 Å². The lowest BCUT2D eigenvalue weighted by atomic mass is 10.2. The number of H-pyrrole nitrogens is 1. The summed E-state index contributed by atoms with van der Waals surface area (Å²) in [5.41, 5.74) is 3.02. The molecule has 126 valence electrons. The predicted octanol–water partition coefficient (Wildman–Crippen LogP) is 1.94. The van der Waals surface area contributed by atoms with Crippen LogP contribution in [0, 0.1) is 6.92 Å². The first-order valence-electron chi connectivity index (χ1n) is 7.36. The van der Waals surface area contributed by atoms with Crippen LogP contribution in [0.2, 0.25) is 0 Å². The highest BCUT2D eigenvalue weighted by atomic mass is 32.2. The third-order valence-corrected chi connectivity index (χ3v) is 5.76. The van der Waals surface area contributed by atoms with E-state index in [1.54, 1.807) is 0 Å². The van der Waals surface area contributed by atoms with E-state index in [1.165, 1.54) is 28.4 Å². The number of hydrogen-bond donors (Lipinski definition) is 2. The molecular weight excluding hydrogens is 364 g/mol. The predicted molar refractivity (Wildman–Crippen MR) is 101 cm³/mol. The van der Waals surface area contributed by atoms with E-state index >= 15 is 0 Å². The minimum atomic E-state index is -0.0955. The number of imidazole rings is 1. The minimum Gasteiger partial charge on any atom is -0.354 e. The van der Waals surface area contributed by atoms with Crippen molar-refractivity contribution in [2.75, 3.05) is 24.6 Å². The fourth-order valence-electron chi connectivity index (χ4n) is 2.26. The summed E-state index contributed by atoms with van der Waals surface area (Å²) in [6, 6.07) is 5.99. The van der Waals surface area contributed by atoms with Gasteiger partial charge in [0.05, 0.1) is 22.5 Å². The number of benzene rings is 1. The molecule has 6 nitrogen and oxygen atoms in total. The average Bonchev–Trinajstić information content (AvgIpc) is 3.09. The van der Waals surface area contributed by atoms with E-state index < -0.39 is 0 Å². The Bertz CT molecular complexity index is 789. The first-order valence-corrected chi connectivity index (χ1v) is 9.74. The molecule has 0 atom stereocenters. The van der Waals surface area contributed by atoms with E-state index in [4.69, 9.17) is 12.2 Å². The van der Waals surface area contributed by atoms with E-state index in [1.807, 2.05) is 25.1 Å². The zero-order valence-electron chi connectivity index (χ0n) is 13.0. The number of aromatic amines is 1. The maximum Gasteiger partial charge on any atom is 0.238 e. The van der Waals surface area contributed by atoms with Gasteiger partial charge < -0.3 is 10.3 Å². The van der Waals surface area contributed by atoms with E-state index in [2.05, 4.69) is 15.3 Å². The Hall–Kier alpha value is -1.58. The number of hydrogen-bond acceptors (Lipinski definition) is 6. The molecule has 0 radical (unpaired) electrons. The Morgan fingerprint density at radius 2 is 2.38 bits per heavy atom. The van der Waals surface area contributed by atoms with Crippen molar-refractivity contribution in [3.8, 4) is 0 Å². The number of thioether (sulfide) groups is 2. The fraction of sp³-hybridized carbons (Fsp3) is 0.333. The van der Waals surface area contributed by atoms with Crippen LogP contribution in [0.3, 0.4) is 0 Å². The molecule has 1 aliphatic heterocycles. The number of aromatic nitrogens is 2. The maximum absolute atomic E-state index is 11.9. The Morgan fingerprint density at radius 1 is 1.54 bits per heavy atom. The first-order chi connectivity index (χ1) is 11.5. The van der Waals surface area contributed by atoms with Crippen molar-refractivity contribution in [3.63, 3.8) is 0 Å². The highest BCUT2D eigenvalue weighted by molar-refractivity contribution is 8.23. The van der Waals surface area contributed by atoms with Crippen LogP contribution in [0.1, 0.15) is 5.56 Å². The van der Waals surface area contributed by atoms with Crippen LogP contribution < -0.4 is 5.32 Å². The summed E-state index contributed by atoms with van der Waals surface area (Å²) in [6.07, 6.45) is 0. The van der Waals surface area contributed by atoms with Crippen molar-refractivity contribution in [2.45, 2.75) is 12.1 Å². The maximum atomic E-state index is 11.9. The molecule has 1 aromatic carbocycles. The molecule has 2 aromatic rings. The molecule has 1 saturated heterocycles. The van der Waals surface area contributed by atoms with Crippen molar-refractivity contribution in [1.29, 1.82) is 0 Å². The van der Waals surface area contributed by atoms with Gasteiger partial charge in [0.1, 0.15) is 4.32 Å². The number of amides is 2. The molecular formula is C15H16N4O2S3. The van der Waals surface area contributed by atoms with E-state index in [0.717, 1.165) is 21.8 Å². The highest BCUT2D eigenvalue weighted by Crippen LogP contribution is 2.20. The third kappa shape index (κ3) is 4.08. The van der Waals surface area contributed by atoms with Crippen LogP contribution in [0.15, 0.2) is 23.4 Å². The summed E-state index contributed by atoms with van der Waals surface area (Å²) in [7, 11) is 0. The van der Waals surface area contributed by atoms with E-state index in [0.29, 0.717) is 23.2 Å². The van der Waals surface area contributed by atoms with Gasteiger partial charge in [-0.05, 0) is 24.6 Å². The normalized spacial score (nSPS) is 14.6. The molecule has 1 aliphatic rings. The smallest absolute Gasteiger partial charge is 0.238 e. The summed E-state index contributed by atoms with van der Waals surface area (Å²) in [6.45, 7) is 2.84. The number of carbonyl (C=O) groups is 2. The summed E-state index contributed by atoms with van der Waals surface area (Å²) < 4.78 is 0.584. The molecule has 0 bridgehead atoms. The molecule has 3 rings (SSSR count). The van der Waals surface area contributed by atoms with Crippen molar-refractivity contribution in [2.24, 2.45) is 0 Å². The Labute approximate surface area is 153 Å². The SMILES string of the molecule is Cc1ccc2nc(SCC(=O)NCCN3C(=O)CSC3=S)[nH]c2c1. The lowest BCUT2D eigenvalue weighted by molar-refractivity contribution is -0.124. The second kappa shape index (κ2) is 7.54. The number of thiocarbonyl (C=S) groups is 1. The van der Waals surface area contributed by atoms with Crippen LogP contribution in [0.25, 0.3) is 11.0 Å². The largest absolute Gasteiger partial charge is 0.354 e. The van der Waals surface area contributed by atoms with Gasteiger partial charge >= 0.3 is 0 Å². The van der Waals surface area contributed by atoms with Crippen molar-refractivity contribution in [3.05, 3.63) is 23.8 Å². The van der Waals surface area contributed by atoms with Crippen LogP contribution >= 0.6 is 35.7 Å². The van der Waals surface area contributed by atoms with E-state index in [9.17, 15) is 9.59 Å². The molecule has 2 amide bonds. The number of nitrogens with one attached hydrogen (secondary N) is 2. The van der Waals surface area contributed by atoms with E-state index in [-0.39, 0.29) is 17.6 Å². The summed E-state index contributed by atoms with van der Waals surface area (Å²) >= 11 is 7.81. The number of carbonyl (C=O) groups excluding carboxylic acids is 2. The third-order valence-electron chi connectivity index (χ3n) is 3.45. The minimum absolute atomic E-state index is 0.00573. The van der Waals surface area contributed by atoms with Gasteiger partial charge in [-0.3, -0.25) is 14.5 Å². The standard InChI is InChI=1S/C15H16N4O2S3/c1-9-2-3-10-11(6-9)18-14(17-10)23-7-12(20)16-4-5-19-13(21)8-24-15(19)22/h2-3,6H,4-5,7-8H2,1H3,(H,16,20)(H,17,18). The molecule has 0 unspecified atom stereocenters. The summed E-state index contributed by atoms with van der Waals surface area (Å²) in [5.74, 6) is 0.577. The topological polar surface area (TPSA) is 78.1 Å². The number of aryl methyl sites for hydroxylation is 1. The molecule has 2 heterocycles.